The molecular weight excluding hydrogens is 361 g/mol. The van der Waals surface area contributed by atoms with Gasteiger partial charge in [-0.2, -0.15) is 0 Å². The van der Waals surface area contributed by atoms with E-state index in [1.54, 1.807) is 37.3 Å². The van der Waals surface area contributed by atoms with Gasteiger partial charge in [0.1, 0.15) is 11.9 Å². The number of carbonyl (C=O) groups excluding carboxylic acids is 3. The Hall–Kier alpha value is -3.22. The van der Waals surface area contributed by atoms with Crippen LogP contribution in [0, 0.1) is 12.7 Å². The van der Waals surface area contributed by atoms with E-state index in [2.05, 4.69) is 10.6 Å². The zero-order valence-electron chi connectivity index (χ0n) is 15.4. The van der Waals surface area contributed by atoms with Crippen LogP contribution in [0.25, 0.3) is 0 Å². The van der Waals surface area contributed by atoms with Crippen LogP contribution in [-0.4, -0.2) is 28.7 Å². The van der Waals surface area contributed by atoms with Gasteiger partial charge in [-0.3, -0.25) is 19.7 Å². The van der Waals surface area contributed by atoms with Crippen molar-refractivity contribution < 1.29 is 18.8 Å². The van der Waals surface area contributed by atoms with Gasteiger partial charge in [0.25, 0.3) is 5.91 Å². The lowest BCUT2D eigenvalue weighted by Crippen LogP contribution is -2.52. The molecule has 2 heterocycles. The van der Waals surface area contributed by atoms with Gasteiger partial charge in [-0.15, -0.1) is 0 Å². The molecule has 2 aromatic carbocycles. The topological polar surface area (TPSA) is 78.5 Å². The van der Waals surface area contributed by atoms with Crippen LogP contribution in [0.15, 0.2) is 36.4 Å². The normalized spacial score (nSPS) is 18.9. The number of nitrogens with one attached hydrogen (secondary N) is 2. The fraction of sp³-hybridized carbons (Fsp3) is 0.286. The average Bonchev–Trinajstić information content (AvgIpc) is 3.00. The average molecular weight is 381 g/mol. The highest BCUT2D eigenvalue weighted by Crippen LogP contribution is 2.32. The van der Waals surface area contributed by atoms with Gasteiger partial charge in [-0.05, 0) is 31.0 Å². The second-order valence-corrected chi connectivity index (χ2v) is 7.13. The van der Waals surface area contributed by atoms with Gasteiger partial charge in [0.2, 0.25) is 11.8 Å². The second-order valence-electron chi connectivity index (χ2n) is 7.13. The van der Waals surface area contributed by atoms with Crippen LogP contribution in [0.2, 0.25) is 0 Å². The van der Waals surface area contributed by atoms with Crippen LogP contribution in [0.1, 0.15) is 39.9 Å². The van der Waals surface area contributed by atoms with Gasteiger partial charge in [0.15, 0.2) is 0 Å². The van der Waals surface area contributed by atoms with Crippen LogP contribution in [0.4, 0.5) is 10.1 Å². The van der Waals surface area contributed by atoms with E-state index in [-0.39, 0.29) is 37.1 Å². The summed E-state index contributed by atoms with van der Waals surface area (Å²) in [4.78, 5) is 37.9. The van der Waals surface area contributed by atoms with Crippen molar-refractivity contribution in [1.82, 2.24) is 10.2 Å². The molecule has 0 aromatic heterocycles. The maximum absolute atomic E-state index is 14.2. The first-order chi connectivity index (χ1) is 13.5. The molecular formula is C21H20FN3O3. The fourth-order valence-electron chi connectivity index (χ4n) is 3.79. The van der Waals surface area contributed by atoms with Crippen molar-refractivity contribution in [2.24, 2.45) is 0 Å². The van der Waals surface area contributed by atoms with Crippen LogP contribution >= 0.6 is 0 Å². The van der Waals surface area contributed by atoms with Crippen molar-refractivity contribution in [3.8, 4) is 0 Å². The van der Waals surface area contributed by atoms with Crippen molar-refractivity contribution in [1.29, 1.82) is 0 Å². The van der Waals surface area contributed by atoms with E-state index in [0.29, 0.717) is 23.1 Å². The van der Waals surface area contributed by atoms with Crippen LogP contribution in [-0.2, 0) is 22.7 Å². The molecule has 0 radical (unpaired) electrons. The van der Waals surface area contributed by atoms with E-state index in [0.717, 1.165) is 11.3 Å². The van der Waals surface area contributed by atoms with Gasteiger partial charge in [-0.25, -0.2) is 4.39 Å². The largest absolute Gasteiger partial charge is 0.381 e. The van der Waals surface area contributed by atoms with Crippen molar-refractivity contribution >= 4 is 23.4 Å². The zero-order chi connectivity index (χ0) is 19.8. The third kappa shape index (κ3) is 3.13. The Labute approximate surface area is 161 Å². The van der Waals surface area contributed by atoms with Crippen LogP contribution in [0.3, 0.4) is 0 Å². The third-order valence-electron chi connectivity index (χ3n) is 5.32. The Kier molecular flexibility index (Phi) is 4.58. The van der Waals surface area contributed by atoms with E-state index in [1.807, 2.05) is 6.07 Å². The lowest BCUT2D eigenvalue weighted by atomic mass is 10.0. The maximum Gasteiger partial charge on any atom is 0.255 e. The van der Waals surface area contributed by atoms with E-state index >= 15 is 0 Å². The van der Waals surface area contributed by atoms with Gasteiger partial charge < -0.3 is 10.2 Å². The molecule has 4 rings (SSSR count). The Morgan fingerprint density at radius 3 is 2.75 bits per heavy atom. The summed E-state index contributed by atoms with van der Waals surface area (Å²) < 4.78 is 14.2. The van der Waals surface area contributed by atoms with E-state index in [9.17, 15) is 18.8 Å². The maximum atomic E-state index is 14.2. The lowest BCUT2D eigenvalue weighted by Gasteiger charge is -2.29. The third-order valence-corrected chi connectivity index (χ3v) is 5.32. The molecule has 1 saturated heterocycles. The molecule has 0 aliphatic carbocycles. The number of anilines is 1. The summed E-state index contributed by atoms with van der Waals surface area (Å²) in [5.74, 6) is -1.22. The lowest BCUT2D eigenvalue weighted by molar-refractivity contribution is -0.136. The molecule has 1 fully saturated rings. The number of halogens is 1. The van der Waals surface area contributed by atoms with E-state index in [4.69, 9.17) is 0 Å². The Bertz CT molecular complexity index is 989. The minimum absolute atomic E-state index is 0.217. The predicted molar refractivity (Wildman–Crippen MR) is 101 cm³/mol. The van der Waals surface area contributed by atoms with Gasteiger partial charge in [0.05, 0.1) is 0 Å². The molecule has 2 aliphatic heterocycles. The summed E-state index contributed by atoms with van der Waals surface area (Å²) in [6.45, 7) is 2.28. The van der Waals surface area contributed by atoms with Crippen LogP contribution < -0.4 is 10.6 Å². The van der Waals surface area contributed by atoms with Crippen molar-refractivity contribution in [2.75, 3.05) is 5.32 Å². The summed E-state index contributed by atoms with van der Waals surface area (Å²) in [6, 6.07) is 9.92. The molecule has 2 aromatic rings. The number of carbonyl (C=O) groups is 3. The first-order valence-electron chi connectivity index (χ1n) is 9.20. The second kappa shape index (κ2) is 7.07. The smallest absolute Gasteiger partial charge is 0.255 e. The number of aryl methyl sites for hydroxylation is 1. The zero-order valence-corrected chi connectivity index (χ0v) is 15.4. The molecule has 28 heavy (non-hydrogen) atoms. The number of amides is 3. The number of rotatable bonds is 4. The molecule has 3 amide bonds. The number of hydrogen-bond donors (Lipinski definition) is 2. The molecule has 0 unspecified atom stereocenters. The molecule has 1 atom stereocenters. The number of nitrogens with zero attached hydrogens (tertiary/aromatic N) is 1. The molecule has 144 valence electrons. The van der Waals surface area contributed by atoms with E-state index in [1.165, 1.54) is 4.90 Å². The summed E-state index contributed by atoms with van der Waals surface area (Å²) in [5.41, 5.74) is 3.17. The Morgan fingerprint density at radius 2 is 1.96 bits per heavy atom. The first-order valence-corrected chi connectivity index (χ1v) is 9.20. The molecule has 7 heteroatoms. The Morgan fingerprint density at radius 1 is 1.18 bits per heavy atom. The van der Waals surface area contributed by atoms with Crippen molar-refractivity contribution in [2.45, 2.75) is 38.9 Å². The summed E-state index contributed by atoms with van der Waals surface area (Å²) in [5, 5.41) is 5.52. The number of hydrogen-bond acceptors (Lipinski definition) is 4. The van der Waals surface area contributed by atoms with Gasteiger partial charge in [0, 0.05) is 41.9 Å². The molecule has 2 N–H and O–H groups in total. The summed E-state index contributed by atoms with van der Waals surface area (Å²) >= 11 is 0. The monoisotopic (exact) mass is 381 g/mol. The quantitative estimate of drug-likeness (QED) is 0.798. The molecule has 2 aliphatic rings. The first kappa shape index (κ1) is 18.2. The molecule has 0 bridgehead atoms. The SMILES string of the molecule is Cc1cccc(CNc2cccc3c2CN([C@@H]2CCC(=O)NC2=O)C3=O)c1F. The molecule has 0 spiro atoms. The van der Waals surface area contributed by atoms with Crippen molar-refractivity contribution in [3.63, 3.8) is 0 Å². The highest BCUT2D eigenvalue weighted by Gasteiger charge is 2.39. The fourth-order valence-corrected chi connectivity index (χ4v) is 3.79. The highest BCUT2D eigenvalue weighted by atomic mass is 19.1. The Balaban J connectivity index is 1.55. The number of fused-ring (bicyclic) bond motifs is 1. The predicted octanol–water partition coefficient (Wildman–Crippen LogP) is 2.51. The minimum Gasteiger partial charge on any atom is -0.381 e. The number of imide groups is 1. The van der Waals surface area contributed by atoms with Gasteiger partial charge >= 0.3 is 0 Å². The summed E-state index contributed by atoms with van der Waals surface area (Å²) in [6.07, 6.45) is 0.538. The molecule has 0 saturated carbocycles. The number of piperidine rings is 1. The van der Waals surface area contributed by atoms with Crippen molar-refractivity contribution in [3.05, 3.63) is 64.5 Å². The van der Waals surface area contributed by atoms with E-state index < -0.39 is 11.9 Å². The van der Waals surface area contributed by atoms with Gasteiger partial charge in [-0.1, -0.05) is 24.3 Å². The molecule has 6 nitrogen and oxygen atoms in total. The van der Waals surface area contributed by atoms with Crippen LogP contribution in [0.5, 0.6) is 0 Å². The summed E-state index contributed by atoms with van der Waals surface area (Å²) in [7, 11) is 0. The number of benzene rings is 2. The minimum atomic E-state index is -0.653. The highest BCUT2D eigenvalue weighted by molar-refractivity contribution is 6.06. The standard InChI is InChI=1S/C21H20FN3O3/c1-12-4-2-5-13(19(12)22)10-23-16-7-3-6-14-15(16)11-25(21(14)28)17-8-9-18(26)24-20(17)27/h2-7,17,23H,8-11H2,1H3,(H,24,26,27)/t17-/m1/s1.